The number of fused-ring (bicyclic) bond motifs is 1. The maximum atomic E-state index is 12.6. The number of rotatable bonds is 7. The van der Waals surface area contributed by atoms with E-state index >= 15 is 0 Å². The Kier molecular flexibility index (Phi) is 6.46. The topological polar surface area (TPSA) is 127 Å². The van der Waals surface area contributed by atoms with Gasteiger partial charge in [0.1, 0.15) is 29.0 Å². The van der Waals surface area contributed by atoms with Crippen molar-refractivity contribution in [1.82, 2.24) is 0 Å². The lowest BCUT2D eigenvalue weighted by Gasteiger charge is -2.30. The molecular formula is C25H28O7. The van der Waals surface area contributed by atoms with Gasteiger partial charge in [-0.1, -0.05) is 30.4 Å². The summed E-state index contributed by atoms with van der Waals surface area (Å²) in [5, 5.41) is 51.5. The minimum Gasteiger partial charge on any atom is -0.508 e. The summed E-state index contributed by atoms with van der Waals surface area (Å²) in [4.78, 5) is 12.6. The summed E-state index contributed by atoms with van der Waals surface area (Å²) in [6, 6.07) is 9.13. The molecule has 0 saturated heterocycles. The molecule has 5 N–H and O–H groups in total. The number of hydrogen-bond donors (Lipinski definition) is 5. The molecule has 0 bridgehead atoms. The Morgan fingerprint density at radius 1 is 1.06 bits per heavy atom. The third-order valence-corrected chi connectivity index (χ3v) is 5.27. The van der Waals surface area contributed by atoms with Gasteiger partial charge in [0.2, 0.25) is 0 Å². The van der Waals surface area contributed by atoms with Crippen LogP contribution in [-0.2, 0) is 0 Å². The molecule has 1 aliphatic heterocycles. The minimum absolute atomic E-state index is 0.0105. The molecule has 0 radical (unpaired) electrons. The first-order valence-electron chi connectivity index (χ1n) is 10.2. The van der Waals surface area contributed by atoms with Crippen LogP contribution in [0, 0.1) is 0 Å². The van der Waals surface area contributed by atoms with Gasteiger partial charge >= 0.3 is 0 Å². The molecule has 0 aromatic heterocycles. The zero-order valence-corrected chi connectivity index (χ0v) is 18.2. The Morgan fingerprint density at radius 2 is 1.72 bits per heavy atom. The molecule has 0 saturated carbocycles. The van der Waals surface area contributed by atoms with Gasteiger partial charge < -0.3 is 30.3 Å². The van der Waals surface area contributed by atoms with Crippen molar-refractivity contribution in [1.29, 1.82) is 0 Å². The van der Waals surface area contributed by atoms with E-state index in [1.54, 1.807) is 38.1 Å². The van der Waals surface area contributed by atoms with Crippen LogP contribution in [0.25, 0.3) is 6.08 Å². The molecule has 1 unspecified atom stereocenters. The highest BCUT2D eigenvalue weighted by Gasteiger charge is 2.46. The van der Waals surface area contributed by atoms with Crippen molar-refractivity contribution in [3.05, 3.63) is 71.3 Å². The molecule has 3 atom stereocenters. The number of benzene rings is 2. The SMILES string of the molecule is CC(C)(O)/C=C/CC(C)(O)[C@H]1Oc2ccc(C(=O)/C=C/c3ccc(O)cc3)c(O)c2[C@@H]1O. The lowest BCUT2D eigenvalue weighted by molar-refractivity contribution is -0.0858. The number of aliphatic hydroxyl groups is 3. The summed E-state index contributed by atoms with van der Waals surface area (Å²) >= 11 is 0. The van der Waals surface area contributed by atoms with Crippen LogP contribution < -0.4 is 4.74 Å². The van der Waals surface area contributed by atoms with E-state index in [4.69, 9.17) is 4.74 Å². The molecule has 170 valence electrons. The van der Waals surface area contributed by atoms with E-state index in [-0.39, 0.29) is 29.0 Å². The predicted molar refractivity (Wildman–Crippen MR) is 120 cm³/mol. The normalized spacial score (nSPS) is 20.3. The number of ether oxygens (including phenoxy) is 1. The number of hydrogen-bond acceptors (Lipinski definition) is 7. The summed E-state index contributed by atoms with van der Waals surface area (Å²) < 4.78 is 5.71. The van der Waals surface area contributed by atoms with Gasteiger partial charge in [-0.05, 0) is 63.1 Å². The lowest BCUT2D eigenvalue weighted by atomic mass is 9.88. The molecule has 32 heavy (non-hydrogen) atoms. The predicted octanol–water partition coefficient (Wildman–Crippen LogP) is 3.26. The zero-order chi connectivity index (χ0) is 23.7. The van der Waals surface area contributed by atoms with E-state index in [2.05, 4.69) is 0 Å². The van der Waals surface area contributed by atoms with Crippen molar-refractivity contribution in [2.75, 3.05) is 0 Å². The summed E-state index contributed by atoms with van der Waals surface area (Å²) in [5.41, 5.74) is -1.82. The first-order chi connectivity index (χ1) is 14.9. The largest absolute Gasteiger partial charge is 0.508 e. The molecule has 7 heteroatoms. The van der Waals surface area contributed by atoms with Crippen LogP contribution in [-0.4, -0.2) is 48.6 Å². The highest BCUT2D eigenvalue weighted by molar-refractivity contribution is 6.09. The van der Waals surface area contributed by atoms with E-state index in [1.807, 2.05) is 0 Å². The Hall–Kier alpha value is -3.13. The van der Waals surface area contributed by atoms with Crippen LogP contribution in [0.3, 0.4) is 0 Å². The fourth-order valence-electron chi connectivity index (χ4n) is 3.55. The van der Waals surface area contributed by atoms with Gasteiger partial charge in [0.15, 0.2) is 11.9 Å². The number of carbonyl (C=O) groups excluding carboxylic acids is 1. The number of phenols is 2. The Morgan fingerprint density at radius 3 is 2.34 bits per heavy atom. The van der Waals surface area contributed by atoms with Gasteiger partial charge in [0, 0.05) is 0 Å². The molecule has 1 aliphatic rings. The monoisotopic (exact) mass is 440 g/mol. The molecule has 0 fully saturated rings. The van der Waals surface area contributed by atoms with Crippen molar-refractivity contribution in [3.8, 4) is 17.2 Å². The summed E-state index contributed by atoms with van der Waals surface area (Å²) in [5.74, 6) is -0.583. The molecule has 0 amide bonds. The Balaban J connectivity index is 1.81. The summed E-state index contributed by atoms with van der Waals surface area (Å²) in [7, 11) is 0. The van der Waals surface area contributed by atoms with Crippen molar-refractivity contribution < 1.29 is 35.1 Å². The first-order valence-corrected chi connectivity index (χ1v) is 10.2. The average molecular weight is 440 g/mol. The van der Waals surface area contributed by atoms with Crippen LogP contribution in [0.1, 0.15) is 54.8 Å². The van der Waals surface area contributed by atoms with Gasteiger partial charge in [-0.15, -0.1) is 0 Å². The molecule has 0 aliphatic carbocycles. The van der Waals surface area contributed by atoms with Crippen LogP contribution >= 0.6 is 0 Å². The molecule has 2 aromatic carbocycles. The second kappa shape index (κ2) is 8.78. The molecule has 1 heterocycles. The van der Waals surface area contributed by atoms with Crippen LogP contribution in [0.4, 0.5) is 0 Å². The number of aromatic hydroxyl groups is 2. The second-order valence-corrected chi connectivity index (χ2v) is 8.76. The maximum absolute atomic E-state index is 12.6. The number of carbonyl (C=O) groups is 1. The van der Waals surface area contributed by atoms with Crippen molar-refractivity contribution in [3.63, 3.8) is 0 Å². The van der Waals surface area contributed by atoms with Gasteiger partial charge in [-0.2, -0.15) is 0 Å². The number of ketones is 1. The fraction of sp³-hybridized carbons (Fsp3) is 0.320. The molecule has 7 nitrogen and oxygen atoms in total. The Bertz CT molecular complexity index is 1040. The zero-order valence-electron chi connectivity index (χ0n) is 18.2. The highest BCUT2D eigenvalue weighted by Crippen LogP contribution is 2.47. The quantitative estimate of drug-likeness (QED) is 0.254. The third kappa shape index (κ3) is 5.19. The van der Waals surface area contributed by atoms with Gasteiger partial charge in [0.25, 0.3) is 0 Å². The molecule has 0 spiro atoms. The lowest BCUT2D eigenvalue weighted by Crippen LogP contribution is -2.44. The van der Waals surface area contributed by atoms with Crippen molar-refractivity contribution >= 4 is 11.9 Å². The van der Waals surface area contributed by atoms with Crippen molar-refractivity contribution in [2.24, 2.45) is 0 Å². The number of allylic oxidation sites excluding steroid dienone is 1. The number of aliphatic hydroxyl groups excluding tert-OH is 1. The van der Waals surface area contributed by atoms with Gasteiger partial charge in [-0.25, -0.2) is 0 Å². The summed E-state index contributed by atoms with van der Waals surface area (Å²) in [6.45, 7) is 4.69. The molecular weight excluding hydrogens is 412 g/mol. The average Bonchev–Trinajstić information content (AvgIpc) is 3.04. The highest BCUT2D eigenvalue weighted by atomic mass is 16.5. The van der Waals surface area contributed by atoms with E-state index in [0.29, 0.717) is 5.56 Å². The smallest absolute Gasteiger partial charge is 0.189 e. The van der Waals surface area contributed by atoms with Crippen LogP contribution in [0.15, 0.2) is 54.6 Å². The Labute approximate surface area is 186 Å². The summed E-state index contributed by atoms with van der Waals surface area (Å²) in [6.07, 6.45) is 3.62. The number of phenolic OH excluding ortho intramolecular Hbond substituents is 2. The molecule has 2 aromatic rings. The van der Waals surface area contributed by atoms with E-state index < -0.39 is 34.9 Å². The van der Waals surface area contributed by atoms with Crippen LogP contribution in [0.2, 0.25) is 0 Å². The van der Waals surface area contributed by atoms with Crippen LogP contribution in [0.5, 0.6) is 17.2 Å². The maximum Gasteiger partial charge on any atom is 0.189 e. The first kappa shape index (κ1) is 23.5. The van der Waals surface area contributed by atoms with E-state index in [1.165, 1.54) is 43.3 Å². The fourth-order valence-corrected chi connectivity index (χ4v) is 3.55. The van der Waals surface area contributed by atoms with Crippen molar-refractivity contribution in [2.45, 2.75) is 50.6 Å². The van der Waals surface area contributed by atoms with E-state index in [9.17, 15) is 30.3 Å². The molecule has 3 rings (SSSR count). The van der Waals surface area contributed by atoms with Gasteiger partial charge in [0.05, 0.1) is 16.7 Å². The second-order valence-electron chi connectivity index (χ2n) is 8.76. The minimum atomic E-state index is -1.50. The van der Waals surface area contributed by atoms with E-state index in [0.717, 1.165) is 0 Å². The standard InChI is InChI=1S/C25H28O7/c1-24(2,30)13-4-14-25(3,31)23-22(29)20-19(32-23)12-10-17(21(20)28)18(27)11-7-15-5-8-16(26)9-6-15/h4-13,22-23,26,28-31H,14H2,1-3H3/b11-7+,13-4+/t22-,23-,25?/m0/s1. The van der Waals surface area contributed by atoms with Gasteiger partial charge in [-0.3, -0.25) is 4.79 Å². The third-order valence-electron chi connectivity index (χ3n) is 5.27.